The summed E-state index contributed by atoms with van der Waals surface area (Å²) in [5.41, 5.74) is 2.54. The minimum absolute atomic E-state index is 0. The van der Waals surface area contributed by atoms with Crippen molar-refractivity contribution >= 4 is 29.7 Å². The number of hydrogen-bond acceptors (Lipinski definition) is 4. The van der Waals surface area contributed by atoms with Crippen molar-refractivity contribution in [1.82, 2.24) is 10.0 Å². The second-order valence-corrected chi connectivity index (χ2v) is 5.67. The molecule has 0 aromatic heterocycles. The summed E-state index contributed by atoms with van der Waals surface area (Å²) in [6.07, 6.45) is 0.967. The molecule has 1 fully saturated rings. The molecule has 122 valence electrons. The molecular weight excluding hydrogens is 405 g/mol. The Labute approximate surface area is 153 Å². The summed E-state index contributed by atoms with van der Waals surface area (Å²) in [6, 6.07) is 17.9. The van der Waals surface area contributed by atoms with Gasteiger partial charge in [0.2, 0.25) is 0 Å². The number of nitro benzene ring substituents is 1. The van der Waals surface area contributed by atoms with E-state index in [0.29, 0.717) is 6.04 Å². The Morgan fingerprint density at radius 1 is 0.913 bits per heavy atom. The van der Waals surface area contributed by atoms with Crippen LogP contribution in [-0.2, 0) is 0 Å². The zero-order valence-corrected chi connectivity index (χ0v) is 15.5. The number of nitrogens with zero attached hydrogens (tertiary/aromatic N) is 3. The summed E-state index contributed by atoms with van der Waals surface area (Å²) in [5.74, 6) is 0. The summed E-state index contributed by atoms with van der Waals surface area (Å²) >= 11 is 0. The summed E-state index contributed by atoms with van der Waals surface area (Å²) in [6.45, 7) is 0. The molecule has 0 spiro atoms. The first-order valence-electron chi connectivity index (χ1n) is 7.33. The fourth-order valence-electron chi connectivity index (χ4n) is 3.15. The first kappa shape index (κ1) is 17.8. The van der Waals surface area contributed by atoms with E-state index < -0.39 is 0 Å². The molecule has 0 amide bonds. The second kappa shape index (κ2) is 7.37. The molecule has 2 aromatic carbocycles. The third-order valence-electron chi connectivity index (χ3n) is 4.52. The van der Waals surface area contributed by atoms with Gasteiger partial charge >= 0.3 is 0 Å². The number of rotatable bonds is 3. The molecule has 0 radical (unpaired) electrons. The molecule has 6 heteroatoms. The molecule has 0 aliphatic carbocycles. The molecule has 0 N–H and O–H groups in total. The van der Waals surface area contributed by atoms with Crippen LogP contribution >= 0.6 is 24.0 Å². The topological polar surface area (TPSA) is 49.6 Å². The van der Waals surface area contributed by atoms with Crippen molar-refractivity contribution < 1.29 is 4.92 Å². The molecule has 0 bridgehead atoms. The van der Waals surface area contributed by atoms with Gasteiger partial charge in [-0.2, -0.15) is 0 Å². The third-order valence-corrected chi connectivity index (χ3v) is 4.52. The Balaban J connectivity index is 0.00000192. The van der Waals surface area contributed by atoms with Crippen LogP contribution in [-0.4, -0.2) is 29.0 Å². The first-order chi connectivity index (χ1) is 10.6. The molecule has 23 heavy (non-hydrogen) atoms. The molecule has 2 atom stereocenters. The van der Waals surface area contributed by atoms with Gasteiger partial charge in [0.1, 0.15) is 0 Å². The van der Waals surface area contributed by atoms with Gasteiger partial charge < -0.3 is 0 Å². The van der Waals surface area contributed by atoms with Crippen LogP contribution in [0.3, 0.4) is 0 Å². The Morgan fingerprint density at radius 3 is 1.87 bits per heavy atom. The van der Waals surface area contributed by atoms with Gasteiger partial charge in [-0.05, 0) is 17.5 Å². The maximum atomic E-state index is 10.8. The van der Waals surface area contributed by atoms with E-state index in [1.54, 1.807) is 12.1 Å². The van der Waals surface area contributed by atoms with Gasteiger partial charge in [0.05, 0.1) is 17.0 Å². The summed E-state index contributed by atoms with van der Waals surface area (Å²) in [5, 5.41) is 15.2. The highest BCUT2D eigenvalue weighted by Crippen LogP contribution is 2.42. The minimum Gasteiger partial charge on any atom is -0.258 e. The molecule has 1 saturated heterocycles. The number of nitro groups is 1. The summed E-state index contributed by atoms with van der Waals surface area (Å²) < 4.78 is 0. The second-order valence-electron chi connectivity index (χ2n) is 5.67. The van der Waals surface area contributed by atoms with Crippen LogP contribution in [0, 0.1) is 10.1 Å². The van der Waals surface area contributed by atoms with Gasteiger partial charge in [0.25, 0.3) is 5.69 Å². The lowest BCUT2D eigenvalue weighted by molar-refractivity contribution is -0.384. The zero-order chi connectivity index (χ0) is 15.7. The van der Waals surface area contributed by atoms with Crippen molar-refractivity contribution in [1.29, 1.82) is 0 Å². The van der Waals surface area contributed by atoms with Crippen molar-refractivity contribution in [3.8, 4) is 0 Å². The molecule has 2 aromatic rings. The van der Waals surface area contributed by atoms with Gasteiger partial charge in [-0.1, -0.05) is 42.5 Å². The monoisotopic (exact) mass is 425 g/mol. The molecule has 1 heterocycles. The summed E-state index contributed by atoms with van der Waals surface area (Å²) in [7, 11) is 4.15. The smallest absolute Gasteiger partial charge is 0.258 e. The van der Waals surface area contributed by atoms with Crippen LogP contribution in [0.15, 0.2) is 54.6 Å². The SMILES string of the molecule is CN1C(c2ccccc2)CC(c2ccc([N+](=O)[O-])cc2)N1C.I. The Hall–Kier alpha value is -1.51. The maximum absolute atomic E-state index is 10.8. The van der Waals surface area contributed by atoms with Crippen molar-refractivity contribution in [3.05, 3.63) is 75.8 Å². The van der Waals surface area contributed by atoms with E-state index in [0.717, 1.165) is 12.0 Å². The molecular formula is C17H20IN3O2. The van der Waals surface area contributed by atoms with Gasteiger partial charge in [-0.15, -0.1) is 24.0 Å². The molecule has 2 unspecified atom stereocenters. The lowest BCUT2D eigenvalue weighted by Crippen LogP contribution is -2.32. The quantitative estimate of drug-likeness (QED) is 0.421. The predicted molar refractivity (Wildman–Crippen MR) is 101 cm³/mol. The fourth-order valence-corrected chi connectivity index (χ4v) is 3.15. The fraction of sp³-hybridized carbons (Fsp3) is 0.294. The van der Waals surface area contributed by atoms with E-state index >= 15 is 0 Å². The Kier molecular flexibility index (Phi) is 5.72. The van der Waals surface area contributed by atoms with E-state index in [9.17, 15) is 10.1 Å². The lowest BCUT2D eigenvalue weighted by Gasteiger charge is -2.28. The van der Waals surface area contributed by atoms with Gasteiger partial charge in [0, 0.05) is 26.2 Å². The highest BCUT2D eigenvalue weighted by Gasteiger charge is 2.36. The van der Waals surface area contributed by atoms with Crippen molar-refractivity contribution in [2.75, 3.05) is 14.1 Å². The zero-order valence-electron chi connectivity index (χ0n) is 13.1. The number of halogens is 1. The highest BCUT2D eigenvalue weighted by atomic mass is 127. The third kappa shape index (κ3) is 3.54. The number of benzene rings is 2. The standard InChI is InChI=1S/C17H19N3O2.HI/c1-18-16(13-6-4-3-5-7-13)12-17(19(18)2)14-8-10-15(11-9-14)20(21)22;/h3-11,16-17H,12H2,1-2H3;1H. The van der Waals surface area contributed by atoms with Crippen LogP contribution in [0.25, 0.3) is 0 Å². The molecule has 0 saturated carbocycles. The van der Waals surface area contributed by atoms with E-state index in [2.05, 4.69) is 48.4 Å². The largest absolute Gasteiger partial charge is 0.269 e. The van der Waals surface area contributed by atoms with Crippen LogP contribution in [0.1, 0.15) is 29.6 Å². The van der Waals surface area contributed by atoms with Crippen molar-refractivity contribution in [2.45, 2.75) is 18.5 Å². The van der Waals surface area contributed by atoms with Crippen LogP contribution in [0.5, 0.6) is 0 Å². The van der Waals surface area contributed by atoms with Crippen LogP contribution < -0.4 is 0 Å². The van der Waals surface area contributed by atoms with E-state index in [1.165, 1.54) is 5.56 Å². The van der Waals surface area contributed by atoms with Crippen LogP contribution in [0.4, 0.5) is 5.69 Å². The number of non-ortho nitro benzene ring substituents is 1. The van der Waals surface area contributed by atoms with E-state index in [1.807, 2.05) is 18.2 Å². The normalized spacial score (nSPS) is 21.8. The van der Waals surface area contributed by atoms with E-state index in [-0.39, 0.29) is 40.6 Å². The first-order valence-corrected chi connectivity index (χ1v) is 7.33. The maximum Gasteiger partial charge on any atom is 0.269 e. The average Bonchev–Trinajstić information content (AvgIpc) is 2.84. The Morgan fingerprint density at radius 2 is 1.39 bits per heavy atom. The number of hydrazine groups is 1. The number of hydrogen-bond donors (Lipinski definition) is 0. The van der Waals surface area contributed by atoms with Crippen molar-refractivity contribution in [2.24, 2.45) is 0 Å². The van der Waals surface area contributed by atoms with Gasteiger partial charge in [-0.25, -0.2) is 10.0 Å². The molecule has 1 aliphatic rings. The van der Waals surface area contributed by atoms with E-state index in [4.69, 9.17) is 0 Å². The predicted octanol–water partition coefficient (Wildman–Crippen LogP) is 4.18. The molecule has 1 aliphatic heterocycles. The molecule has 3 rings (SSSR count). The lowest BCUT2D eigenvalue weighted by atomic mass is 9.97. The van der Waals surface area contributed by atoms with Gasteiger partial charge in [0.15, 0.2) is 0 Å². The minimum atomic E-state index is -0.360. The summed E-state index contributed by atoms with van der Waals surface area (Å²) in [4.78, 5) is 10.4. The highest BCUT2D eigenvalue weighted by molar-refractivity contribution is 14.0. The van der Waals surface area contributed by atoms with Crippen molar-refractivity contribution in [3.63, 3.8) is 0 Å². The molecule has 5 nitrogen and oxygen atoms in total. The average molecular weight is 425 g/mol. The van der Waals surface area contributed by atoms with Gasteiger partial charge in [-0.3, -0.25) is 10.1 Å². The Bertz CT molecular complexity index is 663. The van der Waals surface area contributed by atoms with Crippen LogP contribution in [0.2, 0.25) is 0 Å².